The third-order valence-electron chi connectivity index (χ3n) is 4.92. The SMILES string of the molecule is Cc1ccccc1CN1CCN(C(=O)C2CCS(=O)(=O)C2)CC1. The topological polar surface area (TPSA) is 57.7 Å². The van der Waals surface area contributed by atoms with Crippen molar-refractivity contribution in [1.29, 1.82) is 0 Å². The number of amides is 1. The molecule has 0 aromatic heterocycles. The summed E-state index contributed by atoms with van der Waals surface area (Å²) in [5.74, 6) is -0.0872. The highest BCUT2D eigenvalue weighted by Gasteiger charge is 2.36. The van der Waals surface area contributed by atoms with Gasteiger partial charge in [-0.3, -0.25) is 9.69 Å². The number of sulfone groups is 1. The van der Waals surface area contributed by atoms with E-state index in [1.165, 1.54) is 11.1 Å². The Morgan fingerprint density at radius 2 is 1.87 bits per heavy atom. The summed E-state index contributed by atoms with van der Waals surface area (Å²) in [5.41, 5.74) is 2.62. The van der Waals surface area contributed by atoms with Gasteiger partial charge in [0.2, 0.25) is 5.91 Å². The monoisotopic (exact) mass is 336 g/mol. The number of aryl methyl sites for hydroxylation is 1. The minimum atomic E-state index is -2.99. The molecule has 0 N–H and O–H groups in total. The summed E-state index contributed by atoms with van der Waals surface area (Å²) in [4.78, 5) is 16.7. The van der Waals surface area contributed by atoms with Gasteiger partial charge in [0.25, 0.3) is 0 Å². The molecule has 1 atom stereocenters. The van der Waals surface area contributed by atoms with Crippen LogP contribution >= 0.6 is 0 Å². The van der Waals surface area contributed by atoms with E-state index in [4.69, 9.17) is 0 Å². The summed E-state index contributed by atoms with van der Waals surface area (Å²) in [6.07, 6.45) is 0.491. The van der Waals surface area contributed by atoms with Crippen LogP contribution in [0.5, 0.6) is 0 Å². The Morgan fingerprint density at radius 3 is 2.48 bits per heavy atom. The average Bonchev–Trinajstić information content (AvgIpc) is 2.90. The van der Waals surface area contributed by atoms with Gasteiger partial charge in [0.05, 0.1) is 17.4 Å². The van der Waals surface area contributed by atoms with E-state index in [-0.39, 0.29) is 23.3 Å². The molecule has 2 heterocycles. The van der Waals surface area contributed by atoms with E-state index in [0.29, 0.717) is 19.5 Å². The fourth-order valence-corrected chi connectivity index (χ4v) is 5.14. The molecule has 3 rings (SSSR count). The number of rotatable bonds is 3. The summed E-state index contributed by atoms with van der Waals surface area (Å²) in [7, 11) is -2.99. The maximum atomic E-state index is 12.5. The van der Waals surface area contributed by atoms with E-state index in [1.807, 2.05) is 11.0 Å². The molecule has 2 aliphatic heterocycles. The van der Waals surface area contributed by atoms with Gasteiger partial charge in [0, 0.05) is 32.7 Å². The number of carbonyl (C=O) groups is 1. The quantitative estimate of drug-likeness (QED) is 0.829. The van der Waals surface area contributed by atoms with Crippen molar-refractivity contribution in [3.63, 3.8) is 0 Å². The van der Waals surface area contributed by atoms with Crippen molar-refractivity contribution in [2.75, 3.05) is 37.7 Å². The molecule has 2 aliphatic rings. The smallest absolute Gasteiger partial charge is 0.226 e. The molecule has 0 radical (unpaired) electrons. The molecule has 1 aromatic carbocycles. The molecule has 23 heavy (non-hydrogen) atoms. The molecule has 6 heteroatoms. The van der Waals surface area contributed by atoms with Gasteiger partial charge < -0.3 is 4.90 Å². The zero-order valence-corrected chi connectivity index (χ0v) is 14.4. The standard InChI is InChI=1S/C17H24N2O3S/c1-14-4-2-3-5-15(14)12-18-7-9-19(10-8-18)17(20)16-6-11-23(21,22)13-16/h2-5,16H,6-13H2,1H3. The minimum Gasteiger partial charge on any atom is -0.340 e. The van der Waals surface area contributed by atoms with Gasteiger partial charge in [-0.2, -0.15) is 0 Å². The van der Waals surface area contributed by atoms with Crippen molar-refractivity contribution < 1.29 is 13.2 Å². The molecule has 5 nitrogen and oxygen atoms in total. The van der Waals surface area contributed by atoms with E-state index < -0.39 is 9.84 Å². The summed E-state index contributed by atoms with van der Waals surface area (Å²) >= 11 is 0. The summed E-state index contributed by atoms with van der Waals surface area (Å²) in [6, 6.07) is 8.37. The highest BCUT2D eigenvalue weighted by atomic mass is 32.2. The second-order valence-corrected chi connectivity index (χ2v) is 8.86. The van der Waals surface area contributed by atoms with Crippen molar-refractivity contribution >= 4 is 15.7 Å². The first-order chi connectivity index (χ1) is 10.9. The summed E-state index contributed by atoms with van der Waals surface area (Å²) in [6.45, 7) is 6.11. The fourth-order valence-electron chi connectivity index (χ4n) is 3.40. The molecule has 2 fully saturated rings. The molecule has 0 spiro atoms. The van der Waals surface area contributed by atoms with Crippen molar-refractivity contribution in [3.05, 3.63) is 35.4 Å². The highest BCUT2D eigenvalue weighted by Crippen LogP contribution is 2.22. The normalized spacial score (nSPS) is 24.7. The lowest BCUT2D eigenvalue weighted by Crippen LogP contribution is -2.50. The zero-order valence-electron chi connectivity index (χ0n) is 13.6. The zero-order chi connectivity index (χ0) is 16.4. The van der Waals surface area contributed by atoms with Gasteiger partial charge in [-0.15, -0.1) is 0 Å². The largest absolute Gasteiger partial charge is 0.340 e. The van der Waals surface area contributed by atoms with Crippen molar-refractivity contribution in [2.24, 2.45) is 5.92 Å². The molecule has 0 bridgehead atoms. The molecule has 126 valence electrons. The van der Waals surface area contributed by atoms with Crippen LogP contribution in [0.4, 0.5) is 0 Å². The van der Waals surface area contributed by atoms with E-state index in [9.17, 15) is 13.2 Å². The van der Waals surface area contributed by atoms with Crippen LogP contribution in [0.2, 0.25) is 0 Å². The average molecular weight is 336 g/mol. The third-order valence-corrected chi connectivity index (χ3v) is 6.69. The number of carbonyl (C=O) groups excluding carboxylic acids is 1. The van der Waals surface area contributed by atoms with Crippen LogP contribution < -0.4 is 0 Å². The highest BCUT2D eigenvalue weighted by molar-refractivity contribution is 7.91. The lowest BCUT2D eigenvalue weighted by molar-refractivity contribution is -0.136. The number of hydrogen-bond acceptors (Lipinski definition) is 4. The predicted molar refractivity (Wildman–Crippen MR) is 89.8 cm³/mol. The van der Waals surface area contributed by atoms with Crippen molar-refractivity contribution in [1.82, 2.24) is 9.80 Å². The maximum absolute atomic E-state index is 12.5. The second-order valence-electron chi connectivity index (χ2n) is 6.63. The summed E-state index contributed by atoms with van der Waals surface area (Å²) < 4.78 is 23.1. The molecule has 1 amide bonds. The van der Waals surface area contributed by atoms with Gasteiger partial charge >= 0.3 is 0 Å². The van der Waals surface area contributed by atoms with Crippen molar-refractivity contribution in [3.8, 4) is 0 Å². The Bertz CT molecular complexity index is 679. The predicted octanol–water partition coefficient (Wildman–Crippen LogP) is 1.07. The van der Waals surface area contributed by atoms with Gasteiger partial charge in [0.1, 0.15) is 0 Å². The first-order valence-electron chi connectivity index (χ1n) is 8.21. The van der Waals surface area contributed by atoms with E-state index in [0.717, 1.165) is 19.6 Å². The molecule has 2 saturated heterocycles. The van der Waals surface area contributed by atoms with Crippen LogP contribution in [-0.2, 0) is 21.2 Å². The second kappa shape index (κ2) is 6.61. The molecular formula is C17H24N2O3S. The van der Waals surface area contributed by atoms with Gasteiger partial charge in [-0.25, -0.2) is 8.42 Å². The first-order valence-corrected chi connectivity index (χ1v) is 10.0. The van der Waals surface area contributed by atoms with E-state index in [2.05, 4.69) is 30.0 Å². The number of piperazine rings is 1. The third kappa shape index (κ3) is 3.93. The minimum absolute atomic E-state index is 0.0293. The van der Waals surface area contributed by atoms with Crippen LogP contribution in [0.1, 0.15) is 17.5 Å². The molecule has 1 aromatic rings. The Kier molecular flexibility index (Phi) is 4.73. The van der Waals surface area contributed by atoms with Gasteiger partial charge in [-0.05, 0) is 24.5 Å². The van der Waals surface area contributed by atoms with Crippen LogP contribution in [0, 0.1) is 12.8 Å². The number of benzene rings is 1. The van der Waals surface area contributed by atoms with Gasteiger partial charge in [0.15, 0.2) is 9.84 Å². The Hall–Kier alpha value is -1.40. The van der Waals surface area contributed by atoms with Gasteiger partial charge in [-0.1, -0.05) is 24.3 Å². The van der Waals surface area contributed by atoms with Crippen LogP contribution in [-0.4, -0.2) is 61.8 Å². The van der Waals surface area contributed by atoms with Crippen molar-refractivity contribution in [2.45, 2.75) is 19.9 Å². The van der Waals surface area contributed by atoms with E-state index in [1.54, 1.807) is 0 Å². The molecule has 0 aliphatic carbocycles. The Morgan fingerprint density at radius 1 is 1.17 bits per heavy atom. The molecular weight excluding hydrogens is 312 g/mol. The maximum Gasteiger partial charge on any atom is 0.226 e. The van der Waals surface area contributed by atoms with E-state index >= 15 is 0 Å². The first kappa shape index (κ1) is 16.5. The van der Waals surface area contributed by atoms with Crippen LogP contribution in [0.25, 0.3) is 0 Å². The lowest BCUT2D eigenvalue weighted by Gasteiger charge is -2.36. The fraction of sp³-hybridized carbons (Fsp3) is 0.588. The van der Waals surface area contributed by atoms with Crippen LogP contribution in [0.3, 0.4) is 0 Å². The number of hydrogen-bond donors (Lipinski definition) is 0. The Labute approximate surface area is 138 Å². The Balaban J connectivity index is 1.52. The summed E-state index contributed by atoms with van der Waals surface area (Å²) in [5, 5.41) is 0. The number of nitrogens with zero attached hydrogens (tertiary/aromatic N) is 2. The molecule has 0 saturated carbocycles. The molecule has 1 unspecified atom stereocenters. The lowest BCUT2D eigenvalue weighted by atomic mass is 10.1. The van der Waals surface area contributed by atoms with Crippen LogP contribution in [0.15, 0.2) is 24.3 Å².